The number of aliphatic hydroxyl groups is 1. The minimum atomic E-state index is -1.71. The maximum absolute atomic E-state index is 7.00. The third kappa shape index (κ3) is 15.5. The van der Waals surface area contributed by atoms with Crippen LogP contribution in [0.5, 0.6) is 0 Å². The fraction of sp³-hybridized carbons (Fsp3) is 0.586. The summed E-state index contributed by atoms with van der Waals surface area (Å²) in [6.07, 6.45) is 6.73. The molecule has 0 bridgehead atoms. The molecule has 3 N–H and O–H groups in total. The molecular weight excluding hydrogens is 1030 g/mol. The molecule has 3 fully saturated rings. The molecule has 0 unspecified atom stereocenters. The first-order valence-corrected chi connectivity index (χ1v) is 32.1. The van der Waals surface area contributed by atoms with Gasteiger partial charge in [0.2, 0.25) is 0 Å². The van der Waals surface area contributed by atoms with E-state index in [0.717, 1.165) is 89.2 Å². The molecular formula is C58H96BrFKN9OSi2. The van der Waals surface area contributed by atoms with E-state index in [0.29, 0.717) is 16.6 Å². The monoisotopic (exact) mass is 1130 g/mol. The van der Waals surface area contributed by atoms with Crippen LogP contribution < -0.4 is 71.2 Å². The molecule has 0 aliphatic carbocycles. The van der Waals surface area contributed by atoms with Crippen molar-refractivity contribution >= 4 is 76.5 Å². The maximum atomic E-state index is 7.00. The largest absolute Gasteiger partial charge is 1.00 e. The summed E-state index contributed by atoms with van der Waals surface area (Å²) in [7, 11) is 4.21. The summed E-state index contributed by atoms with van der Waals surface area (Å²) in [4.78, 5) is 15.4. The Hall–Kier alpha value is -1.84. The van der Waals surface area contributed by atoms with Crippen LogP contribution in [0.4, 0.5) is 11.4 Å². The zero-order valence-electron chi connectivity index (χ0n) is 48.4. The van der Waals surface area contributed by atoms with E-state index in [1.807, 2.05) is 6.20 Å². The second kappa shape index (κ2) is 30.3. The average Bonchev–Trinajstić information content (AvgIpc) is 4.10. The zero-order valence-corrected chi connectivity index (χ0v) is 55.2. The number of rotatable bonds is 10. The Balaban J connectivity index is 0.000000268. The summed E-state index contributed by atoms with van der Waals surface area (Å²) in [6.45, 7) is 43.0. The summed E-state index contributed by atoms with van der Waals surface area (Å²) < 4.78 is 6.57. The predicted octanol–water partition coefficient (Wildman–Crippen LogP) is 6.90. The third-order valence-electron chi connectivity index (χ3n) is 16.3. The molecule has 10 nitrogen and oxygen atoms in total. The molecule has 0 radical (unpaired) electrons. The molecule has 0 spiro atoms. The molecule has 3 aliphatic heterocycles. The molecule has 3 aromatic carbocycles. The summed E-state index contributed by atoms with van der Waals surface area (Å²) in [5, 5.41) is 14.3. The average molecular weight is 1130 g/mol. The molecule has 3 aromatic heterocycles. The van der Waals surface area contributed by atoms with Crippen LogP contribution in [0.25, 0.3) is 32.7 Å². The molecule has 73 heavy (non-hydrogen) atoms. The number of nitrogens with zero attached hydrogens (tertiary/aromatic N) is 7. The standard InChI is InChI=1S/C22H37N3Si.C17H26BrNSi.C13H17N3.C5H12N2.CH4O.FH.K/c1-17(2)26(18(3)4,19(5)6)25-11-10-20-8-9-21(16-22(20)25)24-14-12-23(7)13-15-24;1-12(2)20(13(3)4,14(5)6)19-10-9-15-7-8-16(18)11-17(15)19;1-15-6-8-16(9-7-15)12-3-2-11-4-5-14-13(11)10-12;1-7-4-2-6-3-5-7;1-2;;/h8-11,16-19H,12-15H2,1-7H3;7-14H,1-6H3;2-5,10,14H,6-9H2,1H3;6H,2-5H2,1H3;2H,1H3;1H;/q;;;;;;+1/p-1. The van der Waals surface area contributed by atoms with Gasteiger partial charge in [0.1, 0.15) is 0 Å². The number of H-pyrrole nitrogens is 1. The molecule has 0 amide bonds. The van der Waals surface area contributed by atoms with Gasteiger partial charge < -0.3 is 53.1 Å². The van der Waals surface area contributed by atoms with Crippen molar-refractivity contribution in [2.45, 2.75) is 116 Å². The van der Waals surface area contributed by atoms with Crippen LogP contribution >= 0.6 is 15.9 Å². The summed E-state index contributed by atoms with van der Waals surface area (Å²) in [5.41, 5.74) is 11.1. The molecule has 9 rings (SSSR count). The van der Waals surface area contributed by atoms with E-state index in [9.17, 15) is 0 Å². The second-order valence-corrected chi connectivity index (χ2v) is 34.8. The van der Waals surface area contributed by atoms with Crippen molar-refractivity contribution in [3.8, 4) is 0 Å². The van der Waals surface area contributed by atoms with Crippen LogP contribution in [0.3, 0.4) is 0 Å². The predicted molar refractivity (Wildman–Crippen MR) is 321 cm³/mol. The number of anilines is 2. The third-order valence-corrected chi connectivity index (χ3v) is 30.4. The smallest absolute Gasteiger partial charge is 1.00 e. The number of likely N-dealkylation sites (N-methyl/N-ethyl adjacent to an activating group) is 3. The van der Waals surface area contributed by atoms with Crippen LogP contribution in [-0.4, -0.2) is 157 Å². The van der Waals surface area contributed by atoms with Gasteiger partial charge in [0, 0.05) is 124 Å². The van der Waals surface area contributed by atoms with Gasteiger partial charge in [0.15, 0.2) is 16.5 Å². The number of piperazine rings is 3. The van der Waals surface area contributed by atoms with Crippen LogP contribution in [0.2, 0.25) is 33.2 Å². The zero-order chi connectivity index (χ0) is 52.2. The summed E-state index contributed by atoms with van der Waals surface area (Å²) in [5.74, 6) is 0. The van der Waals surface area contributed by atoms with Gasteiger partial charge in [-0.15, -0.1) is 0 Å². The summed E-state index contributed by atoms with van der Waals surface area (Å²) >= 11 is 3.63. The topological polar surface area (TPSA) is 74.1 Å². The van der Waals surface area contributed by atoms with E-state index < -0.39 is 16.5 Å². The van der Waals surface area contributed by atoms with Gasteiger partial charge in [-0.25, -0.2) is 0 Å². The number of halogens is 2. The maximum Gasteiger partial charge on any atom is 1.00 e. The number of hydrogen-bond acceptors (Lipinski definition) is 7. The number of aromatic amines is 1. The van der Waals surface area contributed by atoms with Crippen LogP contribution in [0.15, 0.2) is 95.9 Å². The van der Waals surface area contributed by atoms with E-state index in [2.05, 4.69) is 249 Å². The van der Waals surface area contributed by atoms with Gasteiger partial charge in [-0.05, 0) is 138 Å². The Bertz CT molecular complexity index is 2460. The number of aromatic nitrogens is 3. The van der Waals surface area contributed by atoms with Crippen molar-refractivity contribution < 1.29 is 61.2 Å². The normalized spacial score (nSPS) is 16.2. The van der Waals surface area contributed by atoms with E-state index in [1.165, 1.54) is 61.6 Å². The van der Waals surface area contributed by atoms with Gasteiger partial charge in [-0.1, -0.05) is 117 Å². The number of hydrogen-bond donors (Lipinski definition) is 3. The van der Waals surface area contributed by atoms with Crippen LogP contribution in [0, 0.1) is 0 Å². The first-order valence-electron chi connectivity index (χ1n) is 27.0. The van der Waals surface area contributed by atoms with E-state index in [4.69, 9.17) is 5.11 Å². The van der Waals surface area contributed by atoms with E-state index in [-0.39, 0.29) is 56.1 Å². The molecule has 3 saturated heterocycles. The first-order chi connectivity index (χ1) is 33.8. The van der Waals surface area contributed by atoms with Crippen molar-refractivity contribution in [1.82, 2.24) is 33.5 Å². The Morgan fingerprint density at radius 3 is 1.23 bits per heavy atom. The van der Waals surface area contributed by atoms with Crippen LogP contribution in [-0.2, 0) is 0 Å². The number of fused-ring (bicyclic) bond motifs is 3. The van der Waals surface area contributed by atoms with Gasteiger partial charge in [-0.3, -0.25) is 0 Å². The molecule has 0 saturated carbocycles. The Morgan fingerprint density at radius 1 is 0.466 bits per heavy atom. The minimum Gasteiger partial charge on any atom is -1.00 e. The van der Waals surface area contributed by atoms with Crippen molar-refractivity contribution in [3.05, 3.63) is 95.9 Å². The van der Waals surface area contributed by atoms with Crippen molar-refractivity contribution in [3.63, 3.8) is 0 Å². The van der Waals surface area contributed by atoms with Crippen LogP contribution in [0.1, 0.15) is 83.1 Å². The van der Waals surface area contributed by atoms with Crippen molar-refractivity contribution in [1.29, 1.82) is 0 Å². The molecule has 0 atom stereocenters. The minimum absolute atomic E-state index is 0. The quantitative estimate of drug-likeness (QED) is 0.129. The van der Waals surface area contributed by atoms with Gasteiger partial charge in [0.25, 0.3) is 0 Å². The molecule has 15 heteroatoms. The Kier molecular flexibility index (Phi) is 27.2. The molecule has 402 valence electrons. The van der Waals surface area contributed by atoms with Gasteiger partial charge in [-0.2, -0.15) is 0 Å². The molecule has 3 aliphatic rings. The molecule has 6 aromatic rings. The Morgan fingerprint density at radius 2 is 0.836 bits per heavy atom. The fourth-order valence-corrected chi connectivity index (χ4v) is 26.5. The number of aliphatic hydroxyl groups excluding tert-OH is 1. The summed E-state index contributed by atoms with van der Waals surface area (Å²) in [6, 6.07) is 27.1. The van der Waals surface area contributed by atoms with Crippen molar-refractivity contribution in [2.75, 3.05) is 117 Å². The first kappa shape index (κ1) is 65.4. The second-order valence-electron chi connectivity index (χ2n) is 22.4. The van der Waals surface area contributed by atoms with E-state index >= 15 is 0 Å². The fourth-order valence-electron chi connectivity index (χ4n) is 12.9. The van der Waals surface area contributed by atoms with Gasteiger partial charge in [0.05, 0.1) is 0 Å². The number of nitrogens with one attached hydrogen (secondary N) is 2. The molecule has 6 heterocycles. The van der Waals surface area contributed by atoms with Crippen molar-refractivity contribution in [2.24, 2.45) is 0 Å². The number of benzene rings is 3. The van der Waals surface area contributed by atoms with Gasteiger partial charge >= 0.3 is 51.4 Å². The Labute approximate surface area is 495 Å². The van der Waals surface area contributed by atoms with E-state index in [1.54, 1.807) is 0 Å². The SMILES string of the molecule is CC(C)[Si](C(C)C)(C(C)C)n1ccc2ccc(Br)cc21.CC(C)[Si](C(C)C)(C(C)C)n1ccc2ccc(N3CCN(C)CC3)cc21.CN1CCN(c2ccc3cc[nH]c3c2)CC1.CN1CCNCC1.CO.[F-].[K+].